The number of fused-ring (bicyclic) bond motifs is 1. The molecule has 2 heterocycles. The van der Waals surface area contributed by atoms with E-state index in [0.717, 1.165) is 25.0 Å². The number of hydrogen-bond donors (Lipinski definition) is 1. The summed E-state index contributed by atoms with van der Waals surface area (Å²) in [7, 11) is 0. The van der Waals surface area contributed by atoms with Crippen LogP contribution in [0.5, 0.6) is 0 Å². The van der Waals surface area contributed by atoms with Gasteiger partial charge in [0.2, 0.25) is 0 Å². The molecule has 2 atom stereocenters. The van der Waals surface area contributed by atoms with Crippen LogP contribution in [0.3, 0.4) is 0 Å². The average Bonchev–Trinajstić information content (AvgIpc) is 2.05. The molecular weight excluding hydrogens is 126 g/mol. The van der Waals surface area contributed by atoms with Crippen molar-refractivity contribution in [2.75, 3.05) is 26.3 Å². The molecule has 2 saturated heterocycles. The van der Waals surface area contributed by atoms with Crippen LogP contribution in [0.25, 0.3) is 0 Å². The molecule has 0 aliphatic carbocycles. The summed E-state index contributed by atoms with van der Waals surface area (Å²) in [6.07, 6.45) is 2.60. The lowest BCUT2D eigenvalue weighted by atomic mass is 9.83. The van der Waals surface area contributed by atoms with Crippen LogP contribution >= 0.6 is 0 Å². The van der Waals surface area contributed by atoms with Crippen LogP contribution in [0.2, 0.25) is 0 Å². The Morgan fingerprint density at radius 2 is 2.20 bits per heavy atom. The molecule has 0 amide bonds. The van der Waals surface area contributed by atoms with Gasteiger partial charge in [0.25, 0.3) is 0 Å². The Labute approximate surface area is 61.9 Å². The monoisotopic (exact) mass is 141 g/mol. The fourth-order valence-electron chi connectivity index (χ4n) is 2.00. The van der Waals surface area contributed by atoms with Crippen molar-refractivity contribution in [3.05, 3.63) is 0 Å². The summed E-state index contributed by atoms with van der Waals surface area (Å²) in [5.41, 5.74) is 0. The summed E-state index contributed by atoms with van der Waals surface area (Å²) in [6.45, 7) is 4.44. The van der Waals surface area contributed by atoms with E-state index >= 15 is 0 Å². The quantitative estimate of drug-likeness (QED) is 0.534. The van der Waals surface area contributed by atoms with E-state index in [1.165, 1.54) is 25.9 Å². The zero-order chi connectivity index (χ0) is 6.81. The van der Waals surface area contributed by atoms with Gasteiger partial charge in [0.05, 0.1) is 0 Å². The van der Waals surface area contributed by atoms with Crippen LogP contribution in [0, 0.1) is 11.8 Å². The second kappa shape index (κ2) is 2.89. The summed E-state index contributed by atoms with van der Waals surface area (Å²) in [5.74, 6) is 1.79. The molecule has 10 heavy (non-hydrogen) atoms. The van der Waals surface area contributed by atoms with Gasteiger partial charge in [-0.25, -0.2) is 0 Å². The molecule has 2 rings (SSSR count). The summed E-state index contributed by atoms with van der Waals surface area (Å²) >= 11 is 0. The smallest absolute Gasteiger partial charge is 0.0497 e. The molecule has 0 radical (unpaired) electrons. The molecule has 2 aliphatic rings. The molecular formula is C8H15NO. The van der Waals surface area contributed by atoms with E-state index in [9.17, 15) is 0 Å². The zero-order valence-electron chi connectivity index (χ0n) is 6.31. The zero-order valence-corrected chi connectivity index (χ0v) is 6.31. The Kier molecular flexibility index (Phi) is 1.91. The maximum Gasteiger partial charge on any atom is 0.0497 e. The molecule has 0 aromatic carbocycles. The fourth-order valence-corrected chi connectivity index (χ4v) is 2.00. The topological polar surface area (TPSA) is 21.3 Å². The van der Waals surface area contributed by atoms with E-state index in [0.29, 0.717) is 0 Å². The average molecular weight is 141 g/mol. The molecule has 1 N–H and O–H groups in total. The fraction of sp³-hybridized carbons (Fsp3) is 1.00. The van der Waals surface area contributed by atoms with Gasteiger partial charge in [0.15, 0.2) is 0 Å². The van der Waals surface area contributed by atoms with Gasteiger partial charge in [0.1, 0.15) is 0 Å². The molecule has 0 saturated carbocycles. The molecule has 0 bridgehead atoms. The third-order valence-electron chi connectivity index (χ3n) is 2.73. The van der Waals surface area contributed by atoms with Gasteiger partial charge in [-0.05, 0) is 37.8 Å². The maximum absolute atomic E-state index is 5.41. The van der Waals surface area contributed by atoms with Gasteiger partial charge in [0, 0.05) is 13.2 Å². The molecule has 0 aromatic rings. The number of rotatable bonds is 0. The van der Waals surface area contributed by atoms with Crippen molar-refractivity contribution in [2.45, 2.75) is 12.8 Å². The minimum Gasteiger partial charge on any atom is -0.381 e. The first-order chi connectivity index (χ1) is 4.97. The minimum absolute atomic E-state index is 0.870. The minimum atomic E-state index is 0.870. The third-order valence-corrected chi connectivity index (χ3v) is 2.73. The van der Waals surface area contributed by atoms with Gasteiger partial charge < -0.3 is 10.1 Å². The van der Waals surface area contributed by atoms with Gasteiger partial charge in [-0.2, -0.15) is 0 Å². The predicted molar refractivity (Wildman–Crippen MR) is 39.9 cm³/mol. The van der Waals surface area contributed by atoms with Crippen LogP contribution in [-0.2, 0) is 4.74 Å². The highest BCUT2D eigenvalue weighted by atomic mass is 16.5. The summed E-state index contributed by atoms with van der Waals surface area (Å²) in [6, 6.07) is 0. The van der Waals surface area contributed by atoms with Crippen molar-refractivity contribution in [1.82, 2.24) is 5.32 Å². The van der Waals surface area contributed by atoms with Crippen LogP contribution in [-0.4, -0.2) is 26.3 Å². The molecule has 2 heteroatoms. The maximum atomic E-state index is 5.41. The van der Waals surface area contributed by atoms with Gasteiger partial charge >= 0.3 is 0 Å². The number of hydrogen-bond acceptors (Lipinski definition) is 2. The Balaban J connectivity index is 1.93. The van der Waals surface area contributed by atoms with E-state index in [1.807, 2.05) is 0 Å². The van der Waals surface area contributed by atoms with E-state index in [2.05, 4.69) is 5.32 Å². The lowest BCUT2D eigenvalue weighted by molar-refractivity contribution is 0.00421. The molecule has 2 nitrogen and oxygen atoms in total. The predicted octanol–water partition coefficient (Wildman–Crippen LogP) is 0.632. The van der Waals surface area contributed by atoms with E-state index in [4.69, 9.17) is 4.74 Å². The van der Waals surface area contributed by atoms with E-state index in [1.54, 1.807) is 0 Å². The van der Waals surface area contributed by atoms with Crippen molar-refractivity contribution >= 4 is 0 Å². The molecule has 0 spiro atoms. The summed E-state index contributed by atoms with van der Waals surface area (Å²) < 4.78 is 5.41. The number of ether oxygens (including phenoxy) is 1. The van der Waals surface area contributed by atoms with Crippen molar-refractivity contribution in [2.24, 2.45) is 11.8 Å². The molecule has 58 valence electrons. The lowest BCUT2D eigenvalue weighted by Crippen LogP contribution is -2.41. The third kappa shape index (κ3) is 1.18. The first kappa shape index (κ1) is 6.62. The highest BCUT2D eigenvalue weighted by molar-refractivity contribution is 4.80. The second-order valence-corrected chi connectivity index (χ2v) is 3.38. The molecule has 0 aromatic heterocycles. The van der Waals surface area contributed by atoms with Crippen LogP contribution in [0.15, 0.2) is 0 Å². The first-order valence-corrected chi connectivity index (χ1v) is 4.25. The largest absolute Gasteiger partial charge is 0.381 e. The van der Waals surface area contributed by atoms with Crippen LogP contribution in [0.4, 0.5) is 0 Å². The number of piperidine rings is 1. The second-order valence-electron chi connectivity index (χ2n) is 3.38. The Morgan fingerprint density at radius 1 is 1.20 bits per heavy atom. The van der Waals surface area contributed by atoms with E-state index in [-0.39, 0.29) is 0 Å². The van der Waals surface area contributed by atoms with Gasteiger partial charge in [-0.3, -0.25) is 0 Å². The first-order valence-electron chi connectivity index (χ1n) is 4.25. The Morgan fingerprint density at radius 3 is 3.10 bits per heavy atom. The summed E-state index contributed by atoms with van der Waals surface area (Å²) in [4.78, 5) is 0. The molecule has 2 aliphatic heterocycles. The Hall–Kier alpha value is -0.0800. The van der Waals surface area contributed by atoms with Crippen LogP contribution < -0.4 is 5.32 Å². The highest BCUT2D eigenvalue weighted by Crippen LogP contribution is 2.25. The summed E-state index contributed by atoms with van der Waals surface area (Å²) in [5, 5.41) is 3.43. The van der Waals surface area contributed by atoms with Crippen molar-refractivity contribution in [3.63, 3.8) is 0 Å². The molecule has 2 unspecified atom stereocenters. The van der Waals surface area contributed by atoms with Crippen molar-refractivity contribution in [1.29, 1.82) is 0 Å². The van der Waals surface area contributed by atoms with Gasteiger partial charge in [-0.15, -0.1) is 0 Å². The van der Waals surface area contributed by atoms with Crippen LogP contribution in [0.1, 0.15) is 12.8 Å². The SMILES string of the molecule is C1CC2COCCC2CN1. The standard InChI is InChI=1S/C8H15NO/c1-3-9-5-7-2-4-10-6-8(1)7/h7-9H,1-6H2. The number of nitrogens with one attached hydrogen (secondary N) is 1. The van der Waals surface area contributed by atoms with Gasteiger partial charge in [-0.1, -0.05) is 0 Å². The van der Waals surface area contributed by atoms with Crippen molar-refractivity contribution < 1.29 is 4.74 Å². The molecule has 2 fully saturated rings. The normalized spacial score (nSPS) is 40.8. The Bertz CT molecular complexity index is 89.8. The van der Waals surface area contributed by atoms with E-state index < -0.39 is 0 Å². The highest BCUT2D eigenvalue weighted by Gasteiger charge is 2.27. The lowest BCUT2D eigenvalue weighted by Gasteiger charge is -2.35. The van der Waals surface area contributed by atoms with Crippen molar-refractivity contribution in [3.8, 4) is 0 Å².